The summed E-state index contributed by atoms with van der Waals surface area (Å²) in [6, 6.07) is 14.0. The van der Waals surface area contributed by atoms with E-state index in [0.717, 1.165) is 24.0 Å². The van der Waals surface area contributed by atoms with Crippen LogP contribution in [0.5, 0.6) is 0 Å². The zero-order valence-electron chi connectivity index (χ0n) is 12.1. The molecule has 4 heteroatoms. The van der Waals surface area contributed by atoms with Crippen molar-refractivity contribution in [3.05, 3.63) is 70.5 Å². The number of carbonyl (C=O) groups excluding carboxylic acids is 1. The van der Waals surface area contributed by atoms with Crippen LogP contribution in [-0.4, -0.2) is 16.8 Å². The molecule has 1 fully saturated rings. The van der Waals surface area contributed by atoms with Crippen LogP contribution >= 0.6 is 11.6 Å². The number of benzene rings is 2. The van der Waals surface area contributed by atoms with E-state index in [1.807, 2.05) is 29.2 Å². The molecule has 0 bridgehead atoms. The highest BCUT2D eigenvalue weighted by Crippen LogP contribution is 2.29. The average Bonchev–Trinajstić information content (AvgIpc) is 3.33. The van der Waals surface area contributed by atoms with Gasteiger partial charge in [0.2, 0.25) is 5.91 Å². The molecule has 0 N–H and O–H groups in total. The zero-order valence-corrected chi connectivity index (χ0v) is 12.9. The Hall–Kier alpha value is -1.87. The van der Waals surface area contributed by atoms with Gasteiger partial charge in [-0.05, 0) is 48.2 Å². The van der Waals surface area contributed by atoms with Crippen LogP contribution in [0.3, 0.4) is 0 Å². The van der Waals surface area contributed by atoms with Crippen LogP contribution in [0.2, 0.25) is 5.02 Å². The Morgan fingerprint density at radius 1 is 1.05 bits per heavy atom. The fraction of sp³-hybridized carbons (Fsp3) is 0.278. The Morgan fingerprint density at radius 2 is 1.64 bits per heavy atom. The van der Waals surface area contributed by atoms with E-state index < -0.39 is 0 Å². The van der Waals surface area contributed by atoms with Gasteiger partial charge >= 0.3 is 0 Å². The summed E-state index contributed by atoms with van der Waals surface area (Å²) in [5.74, 6) is -0.194. The first-order valence-electron chi connectivity index (χ1n) is 7.40. The van der Waals surface area contributed by atoms with Crippen molar-refractivity contribution in [2.75, 3.05) is 0 Å². The van der Waals surface area contributed by atoms with Crippen LogP contribution in [-0.2, 0) is 17.8 Å². The van der Waals surface area contributed by atoms with Crippen LogP contribution in [0, 0.1) is 5.82 Å². The molecule has 1 aliphatic rings. The molecule has 0 heterocycles. The zero-order chi connectivity index (χ0) is 15.5. The van der Waals surface area contributed by atoms with Crippen LogP contribution in [0.15, 0.2) is 48.5 Å². The predicted molar refractivity (Wildman–Crippen MR) is 85.1 cm³/mol. The van der Waals surface area contributed by atoms with Gasteiger partial charge in [-0.1, -0.05) is 35.9 Å². The smallest absolute Gasteiger partial charge is 0.227 e. The lowest BCUT2D eigenvalue weighted by Gasteiger charge is -2.23. The molecule has 0 spiro atoms. The maximum absolute atomic E-state index is 12.9. The van der Waals surface area contributed by atoms with Crippen LogP contribution < -0.4 is 0 Å². The monoisotopic (exact) mass is 317 g/mol. The largest absolute Gasteiger partial charge is 0.335 e. The van der Waals surface area contributed by atoms with E-state index in [1.165, 1.54) is 12.1 Å². The second kappa shape index (κ2) is 6.49. The molecule has 0 aliphatic heterocycles. The summed E-state index contributed by atoms with van der Waals surface area (Å²) < 4.78 is 12.9. The fourth-order valence-electron chi connectivity index (χ4n) is 2.47. The van der Waals surface area contributed by atoms with Crippen LogP contribution in [0.4, 0.5) is 4.39 Å². The van der Waals surface area contributed by atoms with Gasteiger partial charge in [-0.3, -0.25) is 4.79 Å². The third kappa shape index (κ3) is 3.86. The summed E-state index contributed by atoms with van der Waals surface area (Å²) in [6.07, 6.45) is 2.43. The first kappa shape index (κ1) is 15.0. The number of halogens is 2. The number of rotatable bonds is 5. The molecule has 0 unspecified atom stereocenters. The Bertz CT molecular complexity index is 650. The van der Waals surface area contributed by atoms with Gasteiger partial charge in [0.1, 0.15) is 5.82 Å². The van der Waals surface area contributed by atoms with Gasteiger partial charge in [0.25, 0.3) is 0 Å². The van der Waals surface area contributed by atoms with E-state index in [4.69, 9.17) is 11.6 Å². The van der Waals surface area contributed by atoms with Crippen LogP contribution in [0.1, 0.15) is 24.0 Å². The molecule has 0 saturated heterocycles. The molecule has 2 aromatic carbocycles. The minimum Gasteiger partial charge on any atom is -0.335 e. The van der Waals surface area contributed by atoms with E-state index in [9.17, 15) is 9.18 Å². The van der Waals surface area contributed by atoms with Gasteiger partial charge in [0.15, 0.2) is 0 Å². The van der Waals surface area contributed by atoms with Crippen molar-refractivity contribution in [3.63, 3.8) is 0 Å². The Labute approximate surface area is 134 Å². The van der Waals surface area contributed by atoms with Crippen molar-refractivity contribution < 1.29 is 9.18 Å². The standard InChI is InChI=1S/C18H17ClFNO/c19-15-5-1-14(2-6-15)12-21(17-9-10-17)18(22)11-13-3-7-16(20)8-4-13/h1-8,17H,9-12H2. The molecule has 2 nitrogen and oxygen atoms in total. The number of carbonyl (C=O) groups is 1. The number of nitrogens with zero attached hydrogens (tertiary/aromatic N) is 1. The molecule has 1 amide bonds. The normalized spacial score (nSPS) is 13.9. The molecule has 3 rings (SSSR count). The van der Waals surface area contributed by atoms with Crippen molar-refractivity contribution in [2.24, 2.45) is 0 Å². The summed E-state index contributed by atoms with van der Waals surface area (Å²) >= 11 is 5.89. The summed E-state index contributed by atoms with van der Waals surface area (Å²) in [6.45, 7) is 0.599. The maximum atomic E-state index is 12.9. The van der Waals surface area contributed by atoms with E-state index in [0.29, 0.717) is 24.0 Å². The van der Waals surface area contributed by atoms with E-state index in [2.05, 4.69) is 0 Å². The minimum atomic E-state index is -0.281. The summed E-state index contributed by atoms with van der Waals surface area (Å²) in [4.78, 5) is 14.5. The van der Waals surface area contributed by atoms with Gasteiger partial charge < -0.3 is 4.90 Å². The molecule has 1 saturated carbocycles. The Balaban J connectivity index is 1.69. The predicted octanol–water partition coefficient (Wildman–Crippen LogP) is 4.21. The molecule has 0 aromatic heterocycles. The summed E-state index contributed by atoms with van der Waals surface area (Å²) in [7, 11) is 0. The van der Waals surface area contributed by atoms with E-state index in [-0.39, 0.29) is 11.7 Å². The highest BCUT2D eigenvalue weighted by molar-refractivity contribution is 6.30. The first-order valence-corrected chi connectivity index (χ1v) is 7.78. The third-order valence-corrected chi connectivity index (χ3v) is 4.09. The third-order valence-electron chi connectivity index (χ3n) is 3.84. The van der Waals surface area contributed by atoms with Crippen molar-refractivity contribution in [1.82, 2.24) is 4.90 Å². The van der Waals surface area contributed by atoms with Crippen molar-refractivity contribution in [1.29, 1.82) is 0 Å². The van der Waals surface area contributed by atoms with Crippen molar-refractivity contribution in [2.45, 2.75) is 31.8 Å². The topological polar surface area (TPSA) is 20.3 Å². The molecule has 22 heavy (non-hydrogen) atoms. The number of hydrogen-bond acceptors (Lipinski definition) is 1. The Kier molecular flexibility index (Phi) is 4.44. The lowest BCUT2D eigenvalue weighted by atomic mass is 10.1. The fourth-order valence-corrected chi connectivity index (χ4v) is 2.60. The minimum absolute atomic E-state index is 0.0871. The lowest BCUT2D eigenvalue weighted by molar-refractivity contribution is -0.131. The quantitative estimate of drug-likeness (QED) is 0.809. The lowest BCUT2D eigenvalue weighted by Crippen LogP contribution is -2.33. The Morgan fingerprint density at radius 3 is 2.23 bits per heavy atom. The second-order valence-electron chi connectivity index (χ2n) is 5.68. The van der Waals surface area contributed by atoms with E-state index in [1.54, 1.807) is 12.1 Å². The highest BCUT2D eigenvalue weighted by Gasteiger charge is 2.32. The van der Waals surface area contributed by atoms with E-state index >= 15 is 0 Å². The molecular weight excluding hydrogens is 301 g/mol. The maximum Gasteiger partial charge on any atom is 0.227 e. The number of hydrogen-bond donors (Lipinski definition) is 0. The van der Waals surface area contributed by atoms with Gasteiger partial charge in [0, 0.05) is 17.6 Å². The van der Waals surface area contributed by atoms with Gasteiger partial charge in [-0.2, -0.15) is 0 Å². The number of amides is 1. The molecule has 1 aliphatic carbocycles. The molecule has 0 atom stereocenters. The van der Waals surface area contributed by atoms with Gasteiger partial charge in [-0.25, -0.2) is 4.39 Å². The highest BCUT2D eigenvalue weighted by atomic mass is 35.5. The van der Waals surface area contributed by atoms with Crippen molar-refractivity contribution in [3.8, 4) is 0 Å². The summed E-state index contributed by atoms with van der Waals surface area (Å²) in [5.41, 5.74) is 1.91. The molecular formula is C18H17ClFNO. The van der Waals surface area contributed by atoms with Gasteiger partial charge in [0.05, 0.1) is 6.42 Å². The molecule has 0 radical (unpaired) electrons. The van der Waals surface area contributed by atoms with Crippen LogP contribution in [0.25, 0.3) is 0 Å². The summed E-state index contributed by atoms with van der Waals surface area (Å²) in [5, 5.41) is 0.694. The van der Waals surface area contributed by atoms with Gasteiger partial charge in [-0.15, -0.1) is 0 Å². The first-order chi connectivity index (χ1) is 10.6. The molecule has 2 aromatic rings. The van der Waals surface area contributed by atoms with Crippen molar-refractivity contribution >= 4 is 17.5 Å². The SMILES string of the molecule is O=C(Cc1ccc(F)cc1)N(Cc1ccc(Cl)cc1)C1CC1. The molecule has 114 valence electrons. The average molecular weight is 318 g/mol. The second-order valence-corrected chi connectivity index (χ2v) is 6.12.